The van der Waals surface area contributed by atoms with E-state index in [1.807, 2.05) is 42.6 Å². The van der Waals surface area contributed by atoms with Gasteiger partial charge in [-0.3, -0.25) is 9.59 Å². The summed E-state index contributed by atoms with van der Waals surface area (Å²) >= 11 is 0. The van der Waals surface area contributed by atoms with Crippen molar-refractivity contribution in [2.75, 3.05) is 18.8 Å². The first-order valence-corrected chi connectivity index (χ1v) is 12.7. The quantitative estimate of drug-likeness (QED) is 0.300. The number of carbonyl (C=O) groups excluding carboxylic acids is 2. The summed E-state index contributed by atoms with van der Waals surface area (Å²) in [6.07, 6.45) is 8.15. The zero-order valence-electron chi connectivity index (χ0n) is 20.9. The van der Waals surface area contributed by atoms with Gasteiger partial charge in [-0.2, -0.15) is 5.10 Å². The molecular weight excluding hydrogens is 480 g/mol. The molecule has 3 heterocycles. The van der Waals surface area contributed by atoms with Crippen LogP contribution in [0.25, 0.3) is 16.9 Å². The first kappa shape index (κ1) is 25.1. The number of nitrogen functional groups attached to an aromatic ring is 1. The summed E-state index contributed by atoms with van der Waals surface area (Å²) in [7, 11) is 0. The normalized spacial score (nSPS) is 15.4. The Bertz CT molecular complexity index is 1390. The van der Waals surface area contributed by atoms with Crippen molar-refractivity contribution in [3.63, 3.8) is 0 Å². The van der Waals surface area contributed by atoms with E-state index >= 15 is 0 Å². The summed E-state index contributed by atoms with van der Waals surface area (Å²) < 4.78 is 1.78. The summed E-state index contributed by atoms with van der Waals surface area (Å²) in [6.45, 7) is 2.04. The zero-order chi connectivity index (χ0) is 26.3. The summed E-state index contributed by atoms with van der Waals surface area (Å²) in [5.74, 6) is -0.497. The number of nitrogens with two attached hydrogens (primary N) is 1. The molecule has 1 atom stereocenters. The van der Waals surface area contributed by atoms with Gasteiger partial charge in [0.2, 0.25) is 0 Å². The van der Waals surface area contributed by atoms with E-state index in [-0.39, 0.29) is 29.4 Å². The Hall–Kier alpha value is -4.57. The van der Waals surface area contributed by atoms with Crippen LogP contribution in [0.5, 0.6) is 0 Å². The molecule has 0 bridgehead atoms. The molecule has 5 N–H and O–H groups in total. The van der Waals surface area contributed by atoms with Gasteiger partial charge in [-0.25, -0.2) is 14.6 Å². The van der Waals surface area contributed by atoms with Crippen molar-refractivity contribution in [3.8, 4) is 16.9 Å². The Balaban J connectivity index is 1.25. The minimum absolute atomic E-state index is 0.0173. The van der Waals surface area contributed by atoms with Gasteiger partial charge in [0, 0.05) is 42.7 Å². The second-order valence-electron chi connectivity index (χ2n) is 9.24. The van der Waals surface area contributed by atoms with Gasteiger partial charge in [0.25, 0.3) is 11.8 Å². The first-order valence-electron chi connectivity index (χ1n) is 12.7. The van der Waals surface area contributed by atoms with E-state index in [0.717, 1.165) is 37.1 Å². The molecule has 0 spiro atoms. The van der Waals surface area contributed by atoms with Gasteiger partial charge in [0.1, 0.15) is 0 Å². The number of nitrogens with one attached hydrogen (secondary N) is 3. The molecule has 10 nitrogen and oxygen atoms in total. The van der Waals surface area contributed by atoms with E-state index in [1.54, 1.807) is 29.1 Å². The van der Waals surface area contributed by atoms with Gasteiger partial charge in [0.05, 0.1) is 17.6 Å². The van der Waals surface area contributed by atoms with Crippen molar-refractivity contribution < 1.29 is 9.59 Å². The maximum Gasteiger partial charge on any atom is 0.274 e. The molecule has 2 aromatic carbocycles. The molecule has 10 heteroatoms. The molecule has 0 radical (unpaired) electrons. The Labute approximate surface area is 220 Å². The number of hydrogen-bond donors (Lipinski definition) is 4. The zero-order valence-corrected chi connectivity index (χ0v) is 20.9. The fourth-order valence-corrected chi connectivity index (χ4v) is 4.39. The lowest BCUT2D eigenvalue weighted by Gasteiger charge is -2.16. The van der Waals surface area contributed by atoms with Gasteiger partial charge >= 0.3 is 0 Å². The van der Waals surface area contributed by atoms with Crippen molar-refractivity contribution in [2.24, 2.45) is 0 Å². The van der Waals surface area contributed by atoms with E-state index in [0.29, 0.717) is 29.9 Å². The van der Waals surface area contributed by atoms with Crippen LogP contribution in [0, 0.1) is 0 Å². The average molecular weight is 511 g/mol. The minimum atomic E-state index is -0.349. The van der Waals surface area contributed by atoms with Crippen LogP contribution in [-0.4, -0.2) is 50.7 Å². The molecule has 1 aliphatic heterocycles. The van der Waals surface area contributed by atoms with Crippen molar-refractivity contribution in [2.45, 2.75) is 31.8 Å². The average Bonchev–Trinajstić information content (AvgIpc) is 3.37. The third kappa shape index (κ3) is 6.04. The van der Waals surface area contributed by atoms with E-state index in [2.05, 4.69) is 31.0 Å². The summed E-state index contributed by atoms with van der Waals surface area (Å²) in [4.78, 5) is 34.5. The lowest BCUT2D eigenvalue weighted by atomic mass is 10.1. The molecule has 4 aromatic rings. The van der Waals surface area contributed by atoms with Gasteiger partial charge in [-0.15, -0.1) is 0 Å². The third-order valence-corrected chi connectivity index (χ3v) is 6.48. The summed E-state index contributed by atoms with van der Waals surface area (Å²) in [6, 6.07) is 16.8. The highest BCUT2D eigenvalue weighted by molar-refractivity contribution is 5.97. The smallest absolute Gasteiger partial charge is 0.274 e. The standard InChI is InChI=1S/C28H30N8O2/c29-26-25(28(38)34-22-7-1-2-12-30-17-22)35-24(18-31-26)20-5-3-6-21(15-20)27(37)32-16-19-8-10-23(11-9-19)36-14-4-13-33-36/h3-6,8-11,13-15,18,22,30H,1-2,7,12,16-17H2,(H2,29,31)(H,32,37)(H,34,38)/t22-/m0/s1. The number of nitrogens with zero attached hydrogens (tertiary/aromatic N) is 4. The van der Waals surface area contributed by atoms with Crippen LogP contribution in [0.3, 0.4) is 0 Å². The maximum absolute atomic E-state index is 12.9. The van der Waals surface area contributed by atoms with Crippen LogP contribution in [-0.2, 0) is 6.54 Å². The van der Waals surface area contributed by atoms with E-state index < -0.39 is 0 Å². The van der Waals surface area contributed by atoms with Crippen LogP contribution in [0.15, 0.2) is 73.2 Å². The number of carbonyl (C=O) groups is 2. The van der Waals surface area contributed by atoms with E-state index in [1.165, 1.54) is 6.20 Å². The highest BCUT2D eigenvalue weighted by Gasteiger charge is 2.20. The van der Waals surface area contributed by atoms with Crippen molar-refractivity contribution in [1.82, 2.24) is 35.7 Å². The van der Waals surface area contributed by atoms with Crippen molar-refractivity contribution >= 4 is 17.6 Å². The largest absolute Gasteiger partial charge is 0.382 e. The Kier molecular flexibility index (Phi) is 7.70. The summed E-state index contributed by atoms with van der Waals surface area (Å²) in [5.41, 5.74) is 9.60. The number of aromatic nitrogens is 4. The molecule has 2 aromatic heterocycles. The van der Waals surface area contributed by atoms with Gasteiger partial charge < -0.3 is 21.7 Å². The predicted octanol–water partition coefficient (Wildman–Crippen LogP) is 2.71. The SMILES string of the molecule is Nc1ncc(-c2cccc(C(=O)NCc3ccc(-n4cccn4)cc3)c2)nc1C(=O)N[C@H]1CCCCNC1. The number of amides is 2. The molecule has 38 heavy (non-hydrogen) atoms. The van der Waals surface area contributed by atoms with Gasteiger partial charge in [-0.1, -0.05) is 30.7 Å². The number of rotatable bonds is 7. The van der Waals surface area contributed by atoms with Crippen LogP contribution >= 0.6 is 0 Å². The molecule has 5 rings (SSSR count). The number of benzene rings is 2. The lowest BCUT2D eigenvalue weighted by molar-refractivity contribution is 0.0928. The lowest BCUT2D eigenvalue weighted by Crippen LogP contribution is -2.41. The molecule has 194 valence electrons. The third-order valence-electron chi connectivity index (χ3n) is 6.48. The summed E-state index contributed by atoms with van der Waals surface area (Å²) in [5, 5.41) is 13.5. The van der Waals surface area contributed by atoms with Gasteiger partial charge in [0.15, 0.2) is 11.5 Å². The van der Waals surface area contributed by atoms with E-state index in [4.69, 9.17) is 5.73 Å². The molecule has 0 unspecified atom stereocenters. The van der Waals surface area contributed by atoms with Crippen LogP contribution in [0.1, 0.15) is 45.7 Å². The molecule has 0 saturated carbocycles. The molecule has 2 amide bonds. The van der Waals surface area contributed by atoms with Crippen LogP contribution in [0.2, 0.25) is 0 Å². The minimum Gasteiger partial charge on any atom is -0.382 e. The highest BCUT2D eigenvalue weighted by atomic mass is 16.2. The second-order valence-corrected chi connectivity index (χ2v) is 9.24. The van der Waals surface area contributed by atoms with Gasteiger partial charge in [-0.05, 0) is 55.3 Å². The molecule has 1 aliphatic rings. The van der Waals surface area contributed by atoms with Crippen molar-refractivity contribution in [1.29, 1.82) is 0 Å². The highest BCUT2D eigenvalue weighted by Crippen LogP contribution is 2.20. The first-order chi connectivity index (χ1) is 18.6. The monoisotopic (exact) mass is 510 g/mol. The molecule has 0 aliphatic carbocycles. The molecule has 1 fully saturated rings. The predicted molar refractivity (Wildman–Crippen MR) is 145 cm³/mol. The number of hydrogen-bond acceptors (Lipinski definition) is 7. The van der Waals surface area contributed by atoms with Crippen molar-refractivity contribution in [3.05, 3.63) is 90.0 Å². The molecule has 1 saturated heterocycles. The Morgan fingerprint density at radius 3 is 2.76 bits per heavy atom. The fraction of sp³-hybridized carbons (Fsp3) is 0.250. The number of anilines is 1. The molecular formula is C28H30N8O2. The topological polar surface area (TPSA) is 140 Å². The Morgan fingerprint density at radius 1 is 1.08 bits per heavy atom. The van der Waals surface area contributed by atoms with E-state index in [9.17, 15) is 9.59 Å². The van der Waals surface area contributed by atoms with Crippen LogP contribution in [0.4, 0.5) is 5.82 Å². The fourth-order valence-electron chi connectivity index (χ4n) is 4.39. The Morgan fingerprint density at radius 2 is 1.95 bits per heavy atom. The second kappa shape index (κ2) is 11.7. The van der Waals surface area contributed by atoms with Crippen LogP contribution < -0.4 is 21.7 Å². The maximum atomic E-state index is 12.9.